The van der Waals surface area contributed by atoms with Crippen molar-refractivity contribution in [1.82, 2.24) is 14.5 Å². The summed E-state index contributed by atoms with van der Waals surface area (Å²) < 4.78 is 18.0. The highest BCUT2D eigenvalue weighted by molar-refractivity contribution is 5.89. The molecule has 9 heteroatoms. The number of hydrogen-bond acceptors (Lipinski definition) is 8. The molecule has 1 aliphatic rings. The van der Waals surface area contributed by atoms with Gasteiger partial charge in [0.05, 0.1) is 25.8 Å². The molecule has 1 aliphatic heterocycles. The lowest BCUT2D eigenvalue weighted by Gasteiger charge is -2.42. The predicted molar refractivity (Wildman–Crippen MR) is 151 cm³/mol. The first-order valence-corrected chi connectivity index (χ1v) is 13.0. The van der Waals surface area contributed by atoms with E-state index in [1.807, 2.05) is 54.6 Å². The summed E-state index contributed by atoms with van der Waals surface area (Å²) in [6.45, 7) is 2.63. The molecule has 6 rings (SSSR count). The first kappa shape index (κ1) is 25.4. The van der Waals surface area contributed by atoms with E-state index in [-0.39, 0.29) is 40.8 Å². The fraction of sp³-hybridized carbons (Fsp3) is 0.226. The van der Waals surface area contributed by atoms with Crippen LogP contribution in [-0.4, -0.2) is 41.3 Å². The zero-order valence-electron chi connectivity index (χ0n) is 22.6. The Hall–Kier alpha value is -4.92. The third-order valence-electron chi connectivity index (χ3n) is 7.41. The molecule has 3 aromatic carbocycles. The Morgan fingerprint density at radius 1 is 0.975 bits per heavy atom. The minimum absolute atomic E-state index is 0.0198. The van der Waals surface area contributed by atoms with Gasteiger partial charge < -0.3 is 18.8 Å². The van der Waals surface area contributed by atoms with Gasteiger partial charge in [-0.1, -0.05) is 55.5 Å². The normalized spacial score (nSPS) is 16.6. The lowest BCUT2D eigenvalue weighted by molar-refractivity contribution is 0.0600. The first-order valence-electron chi connectivity index (χ1n) is 13.0. The molecule has 40 heavy (non-hydrogen) atoms. The number of aromatic nitrogens is 3. The summed E-state index contributed by atoms with van der Waals surface area (Å²) in [5.74, 6) is 0.359. The Labute approximate surface area is 230 Å². The van der Waals surface area contributed by atoms with Crippen molar-refractivity contribution in [3.05, 3.63) is 105 Å². The Morgan fingerprint density at radius 3 is 2.45 bits per heavy atom. The molecule has 0 spiro atoms. The summed E-state index contributed by atoms with van der Waals surface area (Å²) in [6.07, 6.45) is 0. The van der Waals surface area contributed by atoms with Gasteiger partial charge in [-0.3, -0.25) is 9.36 Å². The van der Waals surface area contributed by atoms with E-state index in [0.29, 0.717) is 29.2 Å². The number of carbonyl (C=O) groups excluding carboxylic acids is 1. The molecule has 0 saturated heterocycles. The molecule has 0 amide bonds. The van der Waals surface area contributed by atoms with Crippen molar-refractivity contribution < 1.29 is 18.7 Å². The molecule has 3 heterocycles. The van der Waals surface area contributed by atoms with Crippen LogP contribution in [0, 0.1) is 0 Å². The van der Waals surface area contributed by atoms with Gasteiger partial charge in [0.15, 0.2) is 11.3 Å². The van der Waals surface area contributed by atoms with E-state index in [9.17, 15) is 9.59 Å². The lowest BCUT2D eigenvalue weighted by Crippen LogP contribution is -2.41. The van der Waals surface area contributed by atoms with Crippen LogP contribution >= 0.6 is 0 Å². The average molecular weight is 537 g/mol. The van der Waals surface area contributed by atoms with Crippen molar-refractivity contribution in [2.75, 3.05) is 25.7 Å². The molecule has 0 fully saturated rings. The van der Waals surface area contributed by atoms with Crippen LogP contribution in [-0.2, 0) is 11.8 Å². The molecule has 0 radical (unpaired) electrons. The van der Waals surface area contributed by atoms with Crippen molar-refractivity contribution in [2.45, 2.75) is 18.9 Å². The maximum Gasteiger partial charge on any atom is 0.337 e. The van der Waals surface area contributed by atoms with E-state index in [2.05, 4.69) is 28.9 Å². The van der Waals surface area contributed by atoms with Crippen molar-refractivity contribution in [3.8, 4) is 17.3 Å². The van der Waals surface area contributed by atoms with Crippen molar-refractivity contribution in [2.24, 2.45) is 7.05 Å². The van der Waals surface area contributed by atoms with Gasteiger partial charge in [0.1, 0.15) is 5.52 Å². The fourth-order valence-electron chi connectivity index (χ4n) is 5.48. The molecule has 202 valence electrons. The second-order valence-corrected chi connectivity index (χ2v) is 9.85. The first-order chi connectivity index (χ1) is 19.4. The van der Waals surface area contributed by atoms with Gasteiger partial charge >= 0.3 is 5.97 Å². The third kappa shape index (κ3) is 4.10. The number of para-hydroxylation sites is 2. The zero-order chi connectivity index (χ0) is 28.0. The minimum atomic E-state index is -0.379. The van der Waals surface area contributed by atoms with Gasteiger partial charge in [-0.25, -0.2) is 14.8 Å². The number of esters is 1. The molecule has 2 atom stereocenters. The van der Waals surface area contributed by atoms with Crippen LogP contribution in [0.25, 0.3) is 22.7 Å². The van der Waals surface area contributed by atoms with Gasteiger partial charge in [-0.15, -0.1) is 0 Å². The second-order valence-electron chi connectivity index (χ2n) is 9.85. The molecule has 2 aromatic heterocycles. The van der Waals surface area contributed by atoms with Crippen LogP contribution in [0.5, 0.6) is 5.75 Å². The average Bonchev–Trinajstić information content (AvgIpc) is 3.42. The molecular weight excluding hydrogens is 508 g/mol. The summed E-state index contributed by atoms with van der Waals surface area (Å²) in [5.41, 5.74) is 4.73. The van der Waals surface area contributed by atoms with Gasteiger partial charge in [-0.2, -0.15) is 0 Å². The van der Waals surface area contributed by atoms with E-state index in [1.54, 1.807) is 13.1 Å². The number of carbonyl (C=O) groups is 1. The Balaban J connectivity index is 1.57. The second kappa shape index (κ2) is 10.00. The number of fused-ring (bicyclic) bond motifs is 2. The van der Waals surface area contributed by atoms with Gasteiger partial charge in [-0.05, 0) is 46.9 Å². The maximum absolute atomic E-state index is 13.6. The number of hydrogen-bond donors (Lipinski definition) is 0. The molecule has 0 aliphatic carbocycles. The largest absolute Gasteiger partial charge is 0.489 e. The van der Waals surface area contributed by atoms with Crippen LogP contribution in [0.3, 0.4) is 0 Å². The summed E-state index contributed by atoms with van der Waals surface area (Å²) in [6, 6.07) is 22.8. The van der Waals surface area contributed by atoms with E-state index >= 15 is 0 Å². The van der Waals surface area contributed by atoms with E-state index in [1.165, 1.54) is 18.8 Å². The van der Waals surface area contributed by atoms with E-state index in [0.717, 1.165) is 16.7 Å². The quantitative estimate of drug-likeness (QED) is 0.286. The molecule has 0 bridgehead atoms. The van der Waals surface area contributed by atoms with Crippen LogP contribution in [0.2, 0.25) is 0 Å². The van der Waals surface area contributed by atoms with Crippen molar-refractivity contribution in [3.63, 3.8) is 0 Å². The molecule has 0 N–H and O–H groups in total. The SMILES string of the molecule is COC(=O)c1ccc2c(c1)C(C)CN(c1nc(-c3nc4ccccc4o3)c(OC)c(=O)n1C)C2c1ccccc1. The molecule has 2 unspecified atom stereocenters. The Kier molecular flexibility index (Phi) is 6.34. The number of rotatable bonds is 5. The Bertz CT molecular complexity index is 1760. The third-order valence-corrected chi connectivity index (χ3v) is 7.41. The van der Waals surface area contributed by atoms with Crippen LogP contribution in [0.15, 0.2) is 82.0 Å². The molecular formula is C31H28N4O5. The highest BCUT2D eigenvalue weighted by atomic mass is 16.5. The smallest absolute Gasteiger partial charge is 0.337 e. The van der Waals surface area contributed by atoms with Gasteiger partial charge in [0.25, 0.3) is 11.4 Å². The summed E-state index contributed by atoms with van der Waals surface area (Å²) in [5, 5.41) is 0. The topological polar surface area (TPSA) is 99.7 Å². The monoisotopic (exact) mass is 536 g/mol. The summed E-state index contributed by atoms with van der Waals surface area (Å²) in [7, 11) is 4.50. The maximum atomic E-state index is 13.6. The number of nitrogens with zero attached hydrogens (tertiary/aromatic N) is 4. The van der Waals surface area contributed by atoms with Crippen LogP contribution in [0.4, 0.5) is 5.95 Å². The summed E-state index contributed by atoms with van der Waals surface area (Å²) in [4.78, 5) is 37.6. The number of anilines is 1. The standard InChI is InChI=1S/C31H28N4O5/c1-18-17-35(26(19-10-6-5-7-11-19)21-15-14-20(16-22(18)21)30(37)39-4)31-33-25(27(38-3)29(36)34(31)2)28-32-23-12-8-9-13-24(23)40-28/h5-16,18,26H,17H2,1-4H3. The number of oxazole rings is 1. The van der Waals surface area contributed by atoms with Crippen LogP contribution in [0.1, 0.15) is 45.9 Å². The van der Waals surface area contributed by atoms with E-state index in [4.69, 9.17) is 18.9 Å². The van der Waals surface area contributed by atoms with E-state index < -0.39 is 0 Å². The summed E-state index contributed by atoms with van der Waals surface area (Å²) >= 11 is 0. The molecule has 9 nitrogen and oxygen atoms in total. The Morgan fingerprint density at radius 2 is 1.73 bits per heavy atom. The number of benzene rings is 3. The van der Waals surface area contributed by atoms with Crippen LogP contribution < -0.4 is 15.2 Å². The number of methoxy groups -OCH3 is 2. The molecule has 0 saturated carbocycles. The van der Waals surface area contributed by atoms with Gasteiger partial charge in [0.2, 0.25) is 11.7 Å². The fourth-order valence-corrected chi connectivity index (χ4v) is 5.48. The van der Waals surface area contributed by atoms with Crippen molar-refractivity contribution >= 4 is 23.0 Å². The predicted octanol–water partition coefficient (Wildman–Crippen LogP) is 5.10. The lowest BCUT2D eigenvalue weighted by atomic mass is 9.82. The molecule has 5 aromatic rings. The highest BCUT2D eigenvalue weighted by Gasteiger charge is 2.36. The van der Waals surface area contributed by atoms with Crippen molar-refractivity contribution in [1.29, 1.82) is 0 Å². The highest BCUT2D eigenvalue weighted by Crippen LogP contribution is 2.42. The number of ether oxygens (including phenoxy) is 2. The van der Waals surface area contributed by atoms with Gasteiger partial charge in [0, 0.05) is 13.6 Å². The zero-order valence-corrected chi connectivity index (χ0v) is 22.6. The minimum Gasteiger partial charge on any atom is -0.489 e.